The summed E-state index contributed by atoms with van der Waals surface area (Å²) in [6.07, 6.45) is 0. The zero-order valence-electron chi connectivity index (χ0n) is 10.4. The lowest BCUT2D eigenvalue weighted by Gasteiger charge is -2.03. The average molecular weight is 393 g/mol. The number of halogens is 2. The first-order chi connectivity index (χ1) is 9.63. The molecule has 0 atom stereocenters. The molecule has 5 heteroatoms. The van der Waals surface area contributed by atoms with Crippen LogP contribution >= 0.6 is 31.9 Å². The second-order valence-electron chi connectivity index (χ2n) is 4.35. The van der Waals surface area contributed by atoms with Crippen LogP contribution in [0.4, 0.5) is 5.82 Å². The maximum absolute atomic E-state index is 6.06. The van der Waals surface area contributed by atoms with Crippen molar-refractivity contribution in [2.24, 2.45) is 0 Å². The molecular formula is C15H11Br2N3. The zero-order valence-corrected chi connectivity index (χ0v) is 13.6. The SMILES string of the molecule is Nc1cc(-c2ccc(Br)cc2)nn1-c1ccc(Br)cc1. The van der Waals surface area contributed by atoms with E-state index in [0.717, 1.165) is 25.9 Å². The van der Waals surface area contributed by atoms with Gasteiger partial charge in [0, 0.05) is 20.6 Å². The van der Waals surface area contributed by atoms with E-state index >= 15 is 0 Å². The van der Waals surface area contributed by atoms with Crippen molar-refractivity contribution >= 4 is 37.7 Å². The third-order valence-corrected chi connectivity index (χ3v) is 4.01. The van der Waals surface area contributed by atoms with Crippen molar-refractivity contribution in [2.75, 3.05) is 5.73 Å². The predicted molar refractivity (Wildman–Crippen MR) is 88.8 cm³/mol. The van der Waals surface area contributed by atoms with Gasteiger partial charge in [0.15, 0.2) is 0 Å². The lowest BCUT2D eigenvalue weighted by molar-refractivity contribution is 0.895. The van der Waals surface area contributed by atoms with Gasteiger partial charge in [0.2, 0.25) is 0 Å². The molecule has 3 nitrogen and oxygen atoms in total. The quantitative estimate of drug-likeness (QED) is 0.689. The van der Waals surface area contributed by atoms with Crippen LogP contribution in [0.2, 0.25) is 0 Å². The summed E-state index contributed by atoms with van der Waals surface area (Å²) in [5, 5.41) is 4.57. The molecule has 0 radical (unpaired) electrons. The minimum atomic E-state index is 0.616. The smallest absolute Gasteiger partial charge is 0.127 e. The van der Waals surface area contributed by atoms with Crippen LogP contribution < -0.4 is 5.73 Å². The maximum atomic E-state index is 6.06. The number of rotatable bonds is 2. The third kappa shape index (κ3) is 2.64. The zero-order chi connectivity index (χ0) is 14.1. The van der Waals surface area contributed by atoms with Crippen molar-refractivity contribution in [1.29, 1.82) is 0 Å². The topological polar surface area (TPSA) is 43.8 Å². The Morgan fingerprint density at radius 3 is 2.00 bits per heavy atom. The van der Waals surface area contributed by atoms with Crippen molar-refractivity contribution in [3.63, 3.8) is 0 Å². The number of nitrogens with zero attached hydrogens (tertiary/aromatic N) is 2. The summed E-state index contributed by atoms with van der Waals surface area (Å²) in [6, 6.07) is 17.8. The van der Waals surface area contributed by atoms with Gasteiger partial charge in [0.25, 0.3) is 0 Å². The van der Waals surface area contributed by atoms with Gasteiger partial charge in [0.1, 0.15) is 5.82 Å². The van der Waals surface area contributed by atoms with E-state index in [4.69, 9.17) is 5.73 Å². The second kappa shape index (κ2) is 5.42. The second-order valence-corrected chi connectivity index (χ2v) is 6.18. The molecule has 1 heterocycles. The first kappa shape index (κ1) is 13.4. The molecule has 0 fully saturated rings. The van der Waals surface area contributed by atoms with E-state index < -0.39 is 0 Å². The van der Waals surface area contributed by atoms with Crippen LogP contribution in [0.1, 0.15) is 0 Å². The fourth-order valence-electron chi connectivity index (χ4n) is 1.95. The molecule has 0 aliphatic carbocycles. The van der Waals surface area contributed by atoms with Gasteiger partial charge in [-0.05, 0) is 36.4 Å². The van der Waals surface area contributed by atoms with E-state index in [2.05, 4.69) is 37.0 Å². The summed E-state index contributed by atoms with van der Waals surface area (Å²) in [4.78, 5) is 0. The summed E-state index contributed by atoms with van der Waals surface area (Å²) in [6.45, 7) is 0. The monoisotopic (exact) mass is 391 g/mol. The van der Waals surface area contributed by atoms with Crippen LogP contribution in [0.3, 0.4) is 0 Å². The van der Waals surface area contributed by atoms with Crippen LogP contribution in [0.25, 0.3) is 16.9 Å². The van der Waals surface area contributed by atoms with Crippen LogP contribution in [0.5, 0.6) is 0 Å². The Morgan fingerprint density at radius 2 is 1.40 bits per heavy atom. The minimum Gasteiger partial charge on any atom is -0.384 e. The Kier molecular flexibility index (Phi) is 3.63. The Hall–Kier alpha value is -1.59. The molecular weight excluding hydrogens is 382 g/mol. The summed E-state index contributed by atoms with van der Waals surface area (Å²) < 4.78 is 3.81. The van der Waals surface area contributed by atoms with Gasteiger partial charge < -0.3 is 5.73 Å². The summed E-state index contributed by atoms with van der Waals surface area (Å²) in [7, 11) is 0. The highest BCUT2D eigenvalue weighted by molar-refractivity contribution is 9.10. The number of aromatic nitrogens is 2. The fraction of sp³-hybridized carbons (Fsp3) is 0. The van der Waals surface area contributed by atoms with Gasteiger partial charge in [0.05, 0.1) is 11.4 Å². The van der Waals surface area contributed by atoms with Gasteiger partial charge in [-0.25, -0.2) is 4.68 Å². The van der Waals surface area contributed by atoms with Gasteiger partial charge in [-0.15, -0.1) is 0 Å². The fourth-order valence-corrected chi connectivity index (χ4v) is 2.48. The highest BCUT2D eigenvalue weighted by Gasteiger charge is 2.08. The standard InChI is InChI=1S/C15H11Br2N3/c16-11-3-1-10(2-4-11)14-9-15(18)20(19-14)13-7-5-12(17)6-8-13/h1-9H,18H2. The Labute approximate surface area is 133 Å². The van der Waals surface area contributed by atoms with E-state index in [1.165, 1.54) is 0 Å². The third-order valence-electron chi connectivity index (χ3n) is 2.95. The van der Waals surface area contributed by atoms with Gasteiger partial charge in [-0.2, -0.15) is 5.10 Å². The molecule has 0 aliphatic heterocycles. The molecule has 0 amide bonds. The molecule has 0 spiro atoms. The van der Waals surface area contributed by atoms with Crippen LogP contribution in [-0.2, 0) is 0 Å². The van der Waals surface area contributed by atoms with E-state index in [-0.39, 0.29) is 0 Å². The highest BCUT2D eigenvalue weighted by Crippen LogP contribution is 2.25. The van der Waals surface area contributed by atoms with E-state index in [0.29, 0.717) is 5.82 Å². The average Bonchev–Trinajstić information content (AvgIpc) is 2.82. The largest absolute Gasteiger partial charge is 0.384 e. The number of nitrogens with two attached hydrogens (primary N) is 1. The lowest BCUT2D eigenvalue weighted by Crippen LogP contribution is -2.01. The molecule has 100 valence electrons. The summed E-state index contributed by atoms with van der Waals surface area (Å²) in [5.74, 6) is 0.616. The lowest BCUT2D eigenvalue weighted by atomic mass is 10.2. The molecule has 0 saturated carbocycles. The van der Waals surface area contributed by atoms with Crippen molar-refractivity contribution in [2.45, 2.75) is 0 Å². The summed E-state index contributed by atoms with van der Waals surface area (Å²) >= 11 is 6.85. The van der Waals surface area contributed by atoms with Crippen LogP contribution in [0, 0.1) is 0 Å². The van der Waals surface area contributed by atoms with Crippen molar-refractivity contribution in [3.05, 3.63) is 63.5 Å². The van der Waals surface area contributed by atoms with Crippen LogP contribution in [0.15, 0.2) is 63.5 Å². The molecule has 0 aliphatic rings. The predicted octanol–water partition coefficient (Wildman–Crippen LogP) is 4.65. The van der Waals surface area contributed by atoms with Gasteiger partial charge in [-0.1, -0.05) is 44.0 Å². The number of hydrogen-bond donors (Lipinski definition) is 1. The molecule has 20 heavy (non-hydrogen) atoms. The van der Waals surface area contributed by atoms with Gasteiger partial charge in [-0.3, -0.25) is 0 Å². The van der Waals surface area contributed by atoms with E-state index in [1.807, 2.05) is 54.6 Å². The number of benzene rings is 2. The van der Waals surface area contributed by atoms with Crippen LogP contribution in [-0.4, -0.2) is 9.78 Å². The first-order valence-corrected chi connectivity index (χ1v) is 7.59. The molecule has 2 aromatic carbocycles. The highest BCUT2D eigenvalue weighted by atomic mass is 79.9. The molecule has 3 rings (SSSR count). The van der Waals surface area contributed by atoms with Crippen molar-refractivity contribution in [3.8, 4) is 16.9 Å². The number of anilines is 1. The Morgan fingerprint density at radius 1 is 0.850 bits per heavy atom. The molecule has 0 bridgehead atoms. The van der Waals surface area contributed by atoms with Crippen molar-refractivity contribution in [1.82, 2.24) is 9.78 Å². The Bertz CT molecular complexity index is 731. The van der Waals surface area contributed by atoms with E-state index in [9.17, 15) is 0 Å². The molecule has 0 saturated heterocycles. The molecule has 2 N–H and O–H groups in total. The molecule has 0 unspecified atom stereocenters. The maximum Gasteiger partial charge on any atom is 0.127 e. The van der Waals surface area contributed by atoms with Crippen molar-refractivity contribution < 1.29 is 0 Å². The number of nitrogen functional groups attached to an aromatic ring is 1. The first-order valence-electron chi connectivity index (χ1n) is 6.01. The molecule has 3 aromatic rings. The van der Waals surface area contributed by atoms with Gasteiger partial charge >= 0.3 is 0 Å². The molecule has 1 aromatic heterocycles. The van der Waals surface area contributed by atoms with E-state index in [1.54, 1.807) is 4.68 Å². The minimum absolute atomic E-state index is 0.616. The normalized spacial score (nSPS) is 10.7. The number of hydrogen-bond acceptors (Lipinski definition) is 2. The summed E-state index contributed by atoms with van der Waals surface area (Å²) in [5.41, 5.74) is 8.89. The Balaban J connectivity index is 2.02.